The molecule has 1 heterocycles. The average Bonchev–Trinajstić information content (AvgIpc) is 2.32. The third-order valence-electron chi connectivity index (χ3n) is 2.05. The second kappa shape index (κ2) is 4.93. The topological polar surface area (TPSA) is 49.6 Å². The summed E-state index contributed by atoms with van der Waals surface area (Å²) >= 11 is 1.18. The SMILES string of the molecule is Cc1cnc(Sc2cccc(F)c2C#N)nc1. The van der Waals surface area contributed by atoms with Gasteiger partial charge in [0.15, 0.2) is 5.16 Å². The monoisotopic (exact) mass is 245 g/mol. The van der Waals surface area contributed by atoms with E-state index in [2.05, 4.69) is 9.97 Å². The fourth-order valence-corrected chi connectivity index (χ4v) is 2.03. The molecule has 3 nitrogen and oxygen atoms in total. The van der Waals surface area contributed by atoms with Crippen molar-refractivity contribution in [1.29, 1.82) is 5.26 Å². The number of benzene rings is 1. The Morgan fingerprint density at radius 2 is 2.00 bits per heavy atom. The van der Waals surface area contributed by atoms with Gasteiger partial charge in [-0.1, -0.05) is 6.07 Å². The van der Waals surface area contributed by atoms with Crippen LogP contribution in [0.5, 0.6) is 0 Å². The van der Waals surface area contributed by atoms with Crippen LogP contribution in [0.3, 0.4) is 0 Å². The van der Waals surface area contributed by atoms with E-state index in [0.29, 0.717) is 10.1 Å². The van der Waals surface area contributed by atoms with Gasteiger partial charge in [-0.05, 0) is 36.4 Å². The highest BCUT2D eigenvalue weighted by molar-refractivity contribution is 7.99. The number of nitrogens with zero attached hydrogens (tertiary/aromatic N) is 3. The second-order valence-corrected chi connectivity index (χ2v) is 4.38. The first-order chi connectivity index (χ1) is 8.20. The molecule has 0 aliphatic heterocycles. The Hall–Kier alpha value is -1.93. The predicted molar refractivity (Wildman–Crippen MR) is 62.0 cm³/mol. The van der Waals surface area contributed by atoms with Gasteiger partial charge in [0.25, 0.3) is 0 Å². The van der Waals surface area contributed by atoms with Crippen LogP contribution in [0.1, 0.15) is 11.1 Å². The third kappa shape index (κ3) is 2.60. The lowest BCUT2D eigenvalue weighted by Gasteiger charge is -2.03. The summed E-state index contributed by atoms with van der Waals surface area (Å²) in [4.78, 5) is 8.72. The molecule has 17 heavy (non-hydrogen) atoms. The molecule has 0 spiro atoms. The minimum absolute atomic E-state index is 0.0293. The molecule has 1 aromatic heterocycles. The summed E-state index contributed by atoms with van der Waals surface area (Å²) in [5.74, 6) is -0.524. The van der Waals surface area contributed by atoms with E-state index < -0.39 is 5.82 Å². The van der Waals surface area contributed by atoms with Crippen LogP contribution in [0.4, 0.5) is 4.39 Å². The molecule has 0 radical (unpaired) electrons. The molecule has 0 bridgehead atoms. The highest BCUT2D eigenvalue weighted by Crippen LogP contribution is 2.28. The fourth-order valence-electron chi connectivity index (χ4n) is 1.23. The Kier molecular flexibility index (Phi) is 3.35. The first-order valence-corrected chi connectivity index (χ1v) is 5.67. The summed E-state index contributed by atoms with van der Waals surface area (Å²) in [6.45, 7) is 1.89. The van der Waals surface area contributed by atoms with Crippen molar-refractivity contribution in [3.8, 4) is 6.07 Å². The van der Waals surface area contributed by atoms with Crippen LogP contribution in [0.2, 0.25) is 0 Å². The molecule has 84 valence electrons. The van der Waals surface area contributed by atoms with Gasteiger partial charge >= 0.3 is 0 Å². The van der Waals surface area contributed by atoms with E-state index >= 15 is 0 Å². The molecule has 2 aromatic rings. The molecule has 1 aromatic carbocycles. The van der Waals surface area contributed by atoms with Crippen LogP contribution < -0.4 is 0 Å². The maximum absolute atomic E-state index is 13.3. The van der Waals surface area contributed by atoms with E-state index in [-0.39, 0.29) is 5.56 Å². The Morgan fingerprint density at radius 3 is 2.65 bits per heavy atom. The van der Waals surface area contributed by atoms with Crippen molar-refractivity contribution >= 4 is 11.8 Å². The molecular formula is C12H8FN3S. The Labute approximate surface area is 102 Å². The smallest absolute Gasteiger partial charge is 0.192 e. The van der Waals surface area contributed by atoms with E-state index in [1.807, 2.05) is 13.0 Å². The van der Waals surface area contributed by atoms with E-state index in [1.165, 1.54) is 17.8 Å². The predicted octanol–water partition coefficient (Wildman–Crippen LogP) is 2.95. The molecule has 5 heteroatoms. The number of aryl methyl sites for hydroxylation is 1. The molecule has 0 saturated heterocycles. The fraction of sp³-hybridized carbons (Fsp3) is 0.0833. The van der Waals surface area contributed by atoms with Gasteiger partial charge in [-0.2, -0.15) is 5.26 Å². The molecular weight excluding hydrogens is 237 g/mol. The summed E-state index contributed by atoms with van der Waals surface area (Å²) in [5, 5.41) is 9.38. The maximum atomic E-state index is 13.3. The first kappa shape index (κ1) is 11.6. The second-order valence-electron chi connectivity index (χ2n) is 3.37. The molecule has 0 saturated carbocycles. The van der Waals surface area contributed by atoms with Gasteiger partial charge < -0.3 is 0 Å². The average molecular weight is 245 g/mol. The largest absolute Gasteiger partial charge is 0.231 e. The Bertz CT molecular complexity index is 575. The van der Waals surface area contributed by atoms with Crippen molar-refractivity contribution in [2.75, 3.05) is 0 Å². The lowest BCUT2D eigenvalue weighted by Crippen LogP contribution is -1.90. The van der Waals surface area contributed by atoms with Crippen LogP contribution >= 0.6 is 11.8 Å². The molecule has 0 aliphatic rings. The van der Waals surface area contributed by atoms with Crippen LogP contribution in [0, 0.1) is 24.1 Å². The normalized spacial score (nSPS) is 9.94. The summed E-state index contributed by atoms with van der Waals surface area (Å²) in [5.41, 5.74) is 0.982. The van der Waals surface area contributed by atoms with Crippen molar-refractivity contribution in [3.63, 3.8) is 0 Å². The molecule has 0 unspecified atom stereocenters. The van der Waals surface area contributed by atoms with Crippen LogP contribution in [0.25, 0.3) is 0 Å². The molecule has 2 rings (SSSR count). The van der Waals surface area contributed by atoms with Crippen molar-refractivity contribution < 1.29 is 4.39 Å². The molecule has 0 atom stereocenters. The van der Waals surface area contributed by atoms with Gasteiger partial charge in [0.05, 0.1) is 0 Å². The summed E-state index contributed by atoms with van der Waals surface area (Å²) in [7, 11) is 0. The number of hydrogen-bond donors (Lipinski definition) is 0. The minimum Gasteiger partial charge on any atom is -0.231 e. The number of rotatable bonds is 2. The van der Waals surface area contributed by atoms with Gasteiger partial charge in [-0.3, -0.25) is 0 Å². The van der Waals surface area contributed by atoms with Gasteiger partial charge in [-0.15, -0.1) is 0 Å². The molecule has 0 N–H and O–H groups in total. The molecule has 0 aliphatic carbocycles. The van der Waals surface area contributed by atoms with Crippen molar-refractivity contribution in [1.82, 2.24) is 9.97 Å². The number of halogens is 1. The number of hydrogen-bond acceptors (Lipinski definition) is 4. The zero-order chi connectivity index (χ0) is 12.3. The highest BCUT2D eigenvalue weighted by atomic mass is 32.2. The van der Waals surface area contributed by atoms with Gasteiger partial charge in [0.1, 0.15) is 17.4 Å². The minimum atomic E-state index is -0.524. The Balaban J connectivity index is 2.34. The van der Waals surface area contributed by atoms with Crippen molar-refractivity contribution in [2.24, 2.45) is 0 Å². The summed E-state index contributed by atoms with van der Waals surface area (Å²) < 4.78 is 13.3. The van der Waals surface area contributed by atoms with Crippen molar-refractivity contribution in [3.05, 3.63) is 47.5 Å². The highest BCUT2D eigenvalue weighted by Gasteiger charge is 2.10. The maximum Gasteiger partial charge on any atom is 0.192 e. The lowest BCUT2D eigenvalue weighted by atomic mass is 10.2. The first-order valence-electron chi connectivity index (χ1n) is 4.86. The van der Waals surface area contributed by atoms with Crippen molar-refractivity contribution in [2.45, 2.75) is 17.0 Å². The van der Waals surface area contributed by atoms with E-state index in [1.54, 1.807) is 24.5 Å². The van der Waals surface area contributed by atoms with Crippen LogP contribution in [-0.2, 0) is 0 Å². The number of aromatic nitrogens is 2. The lowest BCUT2D eigenvalue weighted by molar-refractivity contribution is 0.620. The Morgan fingerprint density at radius 1 is 1.29 bits per heavy atom. The van der Waals surface area contributed by atoms with Gasteiger partial charge in [-0.25, -0.2) is 14.4 Å². The standard InChI is InChI=1S/C12H8FN3S/c1-8-6-15-12(16-7-8)17-11-4-2-3-10(13)9(11)5-14/h2-4,6-7H,1H3. The zero-order valence-electron chi connectivity index (χ0n) is 9.01. The zero-order valence-corrected chi connectivity index (χ0v) is 9.83. The van der Waals surface area contributed by atoms with E-state index in [9.17, 15) is 4.39 Å². The van der Waals surface area contributed by atoms with Crippen LogP contribution in [0.15, 0.2) is 40.6 Å². The van der Waals surface area contributed by atoms with E-state index in [0.717, 1.165) is 5.56 Å². The summed E-state index contributed by atoms with van der Waals surface area (Å²) in [6, 6.07) is 6.34. The van der Waals surface area contributed by atoms with Crippen LogP contribution in [-0.4, -0.2) is 9.97 Å². The molecule has 0 amide bonds. The van der Waals surface area contributed by atoms with Gasteiger partial charge in [0.2, 0.25) is 0 Å². The summed E-state index contributed by atoms with van der Waals surface area (Å²) in [6.07, 6.45) is 3.36. The number of nitriles is 1. The molecule has 0 fully saturated rings. The third-order valence-corrected chi connectivity index (χ3v) is 3.00. The van der Waals surface area contributed by atoms with Gasteiger partial charge in [0, 0.05) is 17.3 Å². The quantitative estimate of drug-likeness (QED) is 0.763. The van der Waals surface area contributed by atoms with E-state index in [4.69, 9.17) is 5.26 Å².